The van der Waals surface area contributed by atoms with Crippen LogP contribution >= 0.6 is 23.2 Å². The molecule has 1 amide bonds. The van der Waals surface area contributed by atoms with Crippen molar-refractivity contribution in [3.63, 3.8) is 0 Å². The smallest absolute Gasteiger partial charge is 0.253 e. The fraction of sp³-hybridized carbons (Fsp3) is 0.273. The minimum absolute atomic E-state index is 0.0408. The number of nitrogens with two attached hydrogens (primary N) is 2. The molecule has 1 aromatic rings. The summed E-state index contributed by atoms with van der Waals surface area (Å²) in [4.78, 5) is 15.1. The number of primary amides is 1. The highest BCUT2D eigenvalue weighted by Crippen LogP contribution is 2.28. The van der Waals surface area contributed by atoms with Crippen molar-refractivity contribution in [2.24, 2.45) is 5.73 Å². The first-order valence-corrected chi connectivity index (χ1v) is 9.36. The molecule has 0 aromatic carbocycles. The van der Waals surface area contributed by atoms with E-state index in [1.54, 1.807) is 0 Å². The fourth-order valence-electron chi connectivity index (χ4n) is 1.15. The maximum absolute atomic E-state index is 11.2. The number of aromatic nitrogens is 1. The van der Waals surface area contributed by atoms with E-state index in [4.69, 9.17) is 34.7 Å². The van der Waals surface area contributed by atoms with Crippen LogP contribution in [-0.4, -0.2) is 19.0 Å². The Balaban J connectivity index is 3.50. The lowest BCUT2D eigenvalue weighted by Crippen LogP contribution is -2.18. The molecular weight excluding hydrogens is 289 g/mol. The van der Waals surface area contributed by atoms with Gasteiger partial charge in [-0.25, -0.2) is 4.98 Å². The Morgan fingerprint density at radius 3 is 2.28 bits per heavy atom. The molecule has 0 aliphatic carbocycles. The molecule has 0 fully saturated rings. The van der Waals surface area contributed by atoms with E-state index in [0.717, 1.165) is 0 Å². The number of pyridine rings is 1. The lowest BCUT2D eigenvalue weighted by molar-refractivity contribution is 0.100. The van der Waals surface area contributed by atoms with Crippen LogP contribution in [0.5, 0.6) is 0 Å². The van der Waals surface area contributed by atoms with Gasteiger partial charge in [-0.05, 0) is 0 Å². The normalized spacial score (nSPS) is 10.7. The SMILES string of the molecule is C[Si](C)(C)C#Cc1c(Cl)nc(Cl)c(C(N)=O)c1N. The van der Waals surface area contributed by atoms with E-state index in [0.29, 0.717) is 5.56 Å². The molecule has 1 heterocycles. The summed E-state index contributed by atoms with van der Waals surface area (Å²) in [6.45, 7) is 6.22. The van der Waals surface area contributed by atoms with E-state index in [9.17, 15) is 4.79 Å². The molecule has 18 heavy (non-hydrogen) atoms. The number of hydrogen-bond acceptors (Lipinski definition) is 3. The molecule has 0 saturated carbocycles. The minimum Gasteiger partial charge on any atom is -0.397 e. The van der Waals surface area contributed by atoms with Gasteiger partial charge < -0.3 is 11.5 Å². The van der Waals surface area contributed by atoms with Gasteiger partial charge in [0.1, 0.15) is 23.9 Å². The molecule has 0 bridgehead atoms. The highest BCUT2D eigenvalue weighted by molar-refractivity contribution is 6.83. The Morgan fingerprint density at radius 1 is 1.28 bits per heavy atom. The second-order valence-electron chi connectivity index (χ2n) is 4.72. The van der Waals surface area contributed by atoms with Crippen molar-refractivity contribution in [3.05, 3.63) is 21.4 Å². The lowest BCUT2D eigenvalue weighted by atomic mass is 10.1. The third-order valence-electron chi connectivity index (χ3n) is 1.96. The summed E-state index contributed by atoms with van der Waals surface area (Å²) >= 11 is 11.7. The lowest BCUT2D eigenvalue weighted by Gasteiger charge is -2.09. The molecule has 1 aromatic heterocycles. The molecule has 4 N–H and O–H groups in total. The van der Waals surface area contributed by atoms with Crippen molar-refractivity contribution < 1.29 is 4.79 Å². The predicted molar refractivity (Wildman–Crippen MR) is 77.4 cm³/mol. The molecule has 0 spiro atoms. The quantitative estimate of drug-likeness (QED) is 0.474. The summed E-state index contributed by atoms with van der Waals surface area (Å²) in [5, 5.41) is -0.0307. The van der Waals surface area contributed by atoms with Crippen LogP contribution in [0.4, 0.5) is 5.69 Å². The van der Waals surface area contributed by atoms with Crippen LogP contribution in [-0.2, 0) is 0 Å². The first-order valence-electron chi connectivity index (χ1n) is 5.11. The van der Waals surface area contributed by atoms with Gasteiger partial charge in [0.15, 0.2) is 0 Å². The average Bonchev–Trinajstić information content (AvgIpc) is 2.13. The zero-order chi connectivity index (χ0) is 14.1. The number of hydrogen-bond donors (Lipinski definition) is 2. The Labute approximate surface area is 117 Å². The molecule has 4 nitrogen and oxygen atoms in total. The number of rotatable bonds is 1. The van der Waals surface area contributed by atoms with E-state index >= 15 is 0 Å². The fourth-order valence-corrected chi connectivity index (χ4v) is 2.20. The van der Waals surface area contributed by atoms with Gasteiger partial charge in [0.05, 0.1) is 11.3 Å². The van der Waals surface area contributed by atoms with Crippen molar-refractivity contribution in [2.75, 3.05) is 5.73 Å². The van der Waals surface area contributed by atoms with Crippen LogP contribution in [0.25, 0.3) is 0 Å². The Morgan fingerprint density at radius 2 is 1.83 bits per heavy atom. The number of nitrogen functional groups attached to an aromatic ring is 1. The second kappa shape index (κ2) is 5.18. The summed E-state index contributed by atoms with van der Waals surface area (Å²) in [6, 6.07) is 0. The molecule has 0 aliphatic rings. The van der Waals surface area contributed by atoms with Gasteiger partial charge in [-0.2, -0.15) is 0 Å². The predicted octanol–water partition coefficient (Wildman–Crippen LogP) is 2.30. The average molecular weight is 302 g/mol. The van der Waals surface area contributed by atoms with Crippen LogP contribution in [0.3, 0.4) is 0 Å². The number of anilines is 1. The Bertz CT molecular complexity index is 570. The summed E-state index contributed by atoms with van der Waals surface area (Å²) in [6.07, 6.45) is 0. The Kier molecular flexibility index (Phi) is 4.27. The molecule has 0 unspecified atom stereocenters. The van der Waals surface area contributed by atoms with Crippen molar-refractivity contribution in [1.82, 2.24) is 4.98 Å². The molecule has 7 heteroatoms. The largest absolute Gasteiger partial charge is 0.397 e. The van der Waals surface area contributed by atoms with Crippen molar-refractivity contribution in [1.29, 1.82) is 0 Å². The molecule has 0 aliphatic heterocycles. The van der Waals surface area contributed by atoms with Gasteiger partial charge in [0.25, 0.3) is 5.91 Å². The maximum Gasteiger partial charge on any atom is 0.253 e. The van der Waals surface area contributed by atoms with Gasteiger partial charge in [-0.3, -0.25) is 4.79 Å². The molecule has 96 valence electrons. The summed E-state index contributed by atoms with van der Waals surface area (Å²) in [5.74, 6) is 2.12. The van der Waals surface area contributed by atoms with E-state index < -0.39 is 14.0 Å². The first kappa shape index (κ1) is 14.8. The zero-order valence-electron chi connectivity index (χ0n) is 10.3. The van der Waals surface area contributed by atoms with Crippen LogP contribution in [0.2, 0.25) is 29.9 Å². The van der Waals surface area contributed by atoms with E-state index in [-0.39, 0.29) is 21.6 Å². The van der Waals surface area contributed by atoms with Crippen molar-refractivity contribution in [3.8, 4) is 11.5 Å². The standard InChI is InChI=1S/C11H13Cl2N3OSi/c1-18(2,3)5-4-6-8(14)7(11(15)17)10(13)16-9(6)12/h1-3H3,(H2,14,16)(H2,15,17). The third-order valence-corrected chi connectivity index (χ3v) is 3.38. The van der Waals surface area contributed by atoms with Gasteiger partial charge in [0, 0.05) is 0 Å². The molecular formula is C11H13Cl2N3OSi. The third kappa shape index (κ3) is 3.39. The molecule has 1 rings (SSSR count). The second-order valence-corrected chi connectivity index (χ2v) is 10.2. The summed E-state index contributed by atoms with van der Waals surface area (Å²) < 4.78 is 0. The number of amides is 1. The highest BCUT2D eigenvalue weighted by Gasteiger charge is 2.19. The van der Waals surface area contributed by atoms with E-state index in [1.165, 1.54) is 0 Å². The molecule has 0 atom stereocenters. The Hall–Kier alpha value is -1.22. The van der Waals surface area contributed by atoms with Gasteiger partial charge in [-0.1, -0.05) is 48.8 Å². The van der Waals surface area contributed by atoms with Crippen LogP contribution in [0.1, 0.15) is 15.9 Å². The van der Waals surface area contributed by atoms with E-state index in [2.05, 4.69) is 36.1 Å². The first-order chi connectivity index (χ1) is 8.13. The van der Waals surface area contributed by atoms with Gasteiger partial charge in [-0.15, -0.1) is 5.54 Å². The highest BCUT2D eigenvalue weighted by atomic mass is 35.5. The number of carbonyl (C=O) groups is 1. The number of carbonyl (C=O) groups excluding carboxylic acids is 1. The topological polar surface area (TPSA) is 82.0 Å². The van der Waals surface area contributed by atoms with Gasteiger partial charge >= 0.3 is 0 Å². The van der Waals surface area contributed by atoms with Crippen LogP contribution in [0.15, 0.2) is 0 Å². The van der Waals surface area contributed by atoms with Gasteiger partial charge in [0.2, 0.25) is 0 Å². The van der Waals surface area contributed by atoms with Crippen molar-refractivity contribution >= 4 is 42.9 Å². The van der Waals surface area contributed by atoms with Crippen LogP contribution < -0.4 is 11.5 Å². The zero-order valence-corrected chi connectivity index (χ0v) is 12.8. The monoisotopic (exact) mass is 301 g/mol. The summed E-state index contributed by atoms with van der Waals surface area (Å²) in [5.41, 5.74) is 14.4. The maximum atomic E-state index is 11.2. The minimum atomic E-state index is -1.60. The van der Waals surface area contributed by atoms with E-state index in [1.807, 2.05) is 0 Å². The van der Waals surface area contributed by atoms with Crippen molar-refractivity contribution in [2.45, 2.75) is 19.6 Å². The number of nitrogens with zero attached hydrogens (tertiary/aromatic N) is 1. The molecule has 0 saturated heterocycles. The summed E-state index contributed by atoms with van der Waals surface area (Å²) in [7, 11) is -1.60. The van der Waals surface area contributed by atoms with Crippen LogP contribution in [0, 0.1) is 11.5 Å². The number of halogens is 2. The molecule has 0 radical (unpaired) electrons.